The van der Waals surface area contributed by atoms with Crippen LogP contribution < -0.4 is 21.5 Å². The number of nitrogens with one attached hydrogen (secondary N) is 1. The van der Waals surface area contributed by atoms with Crippen LogP contribution in [0.4, 0.5) is 11.4 Å². The molecule has 0 spiro atoms. The first kappa shape index (κ1) is 16.6. The quantitative estimate of drug-likeness (QED) is 0.712. The number of hydrogen-bond donors (Lipinski definition) is 3. The van der Waals surface area contributed by atoms with Crippen LogP contribution in [-0.2, 0) is 0 Å². The Morgan fingerprint density at radius 2 is 2.00 bits per heavy atom. The van der Waals surface area contributed by atoms with E-state index in [-0.39, 0.29) is 24.8 Å². The highest BCUT2D eigenvalue weighted by Gasteiger charge is 1.99. The van der Waals surface area contributed by atoms with Crippen molar-refractivity contribution in [1.29, 1.82) is 0 Å². The van der Waals surface area contributed by atoms with Gasteiger partial charge in [0.2, 0.25) is 0 Å². The van der Waals surface area contributed by atoms with Crippen LogP contribution in [0.5, 0.6) is 5.75 Å². The zero-order valence-corrected chi connectivity index (χ0v) is 10.2. The summed E-state index contributed by atoms with van der Waals surface area (Å²) in [6, 6.07) is 5.55. The van der Waals surface area contributed by atoms with Crippen LogP contribution in [0.15, 0.2) is 18.2 Å². The van der Waals surface area contributed by atoms with Crippen molar-refractivity contribution in [3.8, 4) is 5.75 Å². The maximum absolute atomic E-state index is 5.65. The predicted octanol–water partition coefficient (Wildman–Crippen LogP) is 1.49. The molecule has 0 atom stereocenters. The van der Waals surface area contributed by atoms with Gasteiger partial charge in [-0.05, 0) is 12.1 Å². The molecule has 1 aromatic carbocycles. The molecule has 5 N–H and O–H groups in total. The number of hydrogen-bond acceptors (Lipinski definition) is 4. The van der Waals surface area contributed by atoms with E-state index in [0.29, 0.717) is 18.0 Å². The second kappa shape index (κ2) is 8.47. The normalized spacial score (nSPS) is 8.40. The van der Waals surface area contributed by atoms with Crippen LogP contribution in [0.3, 0.4) is 0 Å². The molecule has 0 saturated heterocycles. The van der Waals surface area contributed by atoms with Gasteiger partial charge in [-0.2, -0.15) is 0 Å². The third-order valence-electron chi connectivity index (χ3n) is 1.71. The Morgan fingerprint density at radius 3 is 2.53 bits per heavy atom. The molecule has 88 valence electrons. The lowest BCUT2D eigenvalue weighted by Gasteiger charge is -2.08. The Labute approximate surface area is 102 Å². The number of nitrogen functional groups attached to an aromatic ring is 1. The van der Waals surface area contributed by atoms with Crippen LogP contribution in [-0.4, -0.2) is 20.2 Å². The van der Waals surface area contributed by atoms with Crippen molar-refractivity contribution in [2.75, 3.05) is 31.2 Å². The van der Waals surface area contributed by atoms with Crippen LogP contribution in [0, 0.1) is 0 Å². The van der Waals surface area contributed by atoms with E-state index in [0.717, 1.165) is 12.2 Å². The fraction of sp³-hybridized carbons (Fsp3) is 0.333. The van der Waals surface area contributed by atoms with Gasteiger partial charge >= 0.3 is 0 Å². The molecule has 0 aliphatic carbocycles. The fourth-order valence-corrected chi connectivity index (χ4v) is 1.04. The molecule has 15 heavy (non-hydrogen) atoms. The summed E-state index contributed by atoms with van der Waals surface area (Å²) in [7, 11) is 1.60. The molecule has 0 unspecified atom stereocenters. The van der Waals surface area contributed by atoms with E-state index in [1.165, 1.54) is 0 Å². The van der Waals surface area contributed by atoms with Crippen molar-refractivity contribution in [3.63, 3.8) is 0 Å². The van der Waals surface area contributed by atoms with E-state index in [1.54, 1.807) is 13.2 Å². The molecule has 0 fully saturated rings. The molecule has 0 bridgehead atoms. The number of benzene rings is 1. The summed E-state index contributed by atoms with van der Waals surface area (Å²) in [5, 5.41) is 3.14. The Kier molecular flexibility index (Phi) is 9.36. The summed E-state index contributed by atoms with van der Waals surface area (Å²) in [5.74, 6) is 0.682. The average molecular weight is 254 g/mol. The van der Waals surface area contributed by atoms with Crippen molar-refractivity contribution in [2.45, 2.75) is 0 Å². The van der Waals surface area contributed by atoms with Crippen LogP contribution >= 0.6 is 24.8 Å². The van der Waals surface area contributed by atoms with Gasteiger partial charge in [0.15, 0.2) is 0 Å². The van der Waals surface area contributed by atoms with Crippen molar-refractivity contribution < 1.29 is 4.74 Å². The molecular weight excluding hydrogens is 237 g/mol. The number of nitrogens with two attached hydrogens (primary N) is 2. The Bertz CT molecular complexity index is 284. The van der Waals surface area contributed by atoms with Crippen molar-refractivity contribution in [2.24, 2.45) is 5.73 Å². The van der Waals surface area contributed by atoms with Gasteiger partial charge in [-0.1, -0.05) is 0 Å². The van der Waals surface area contributed by atoms with Crippen molar-refractivity contribution in [1.82, 2.24) is 0 Å². The third kappa shape index (κ3) is 4.97. The highest BCUT2D eigenvalue weighted by atomic mass is 35.5. The number of anilines is 2. The molecule has 0 saturated carbocycles. The average Bonchev–Trinajstić information content (AvgIpc) is 2.16. The SMILES string of the molecule is COc1cc(NCCN)ccc1N.Cl.Cl. The van der Waals surface area contributed by atoms with Crippen LogP contribution in [0.2, 0.25) is 0 Å². The molecule has 6 heteroatoms. The number of methoxy groups -OCH3 is 1. The summed E-state index contributed by atoms with van der Waals surface area (Å²) in [5.41, 5.74) is 12.6. The lowest BCUT2D eigenvalue weighted by atomic mass is 10.2. The highest BCUT2D eigenvalue weighted by molar-refractivity contribution is 5.85. The number of halogens is 2. The van der Waals surface area contributed by atoms with Gasteiger partial charge in [0.1, 0.15) is 5.75 Å². The lowest BCUT2D eigenvalue weighted by Crippen LogP contribution is -2.13. The molecule has 0 aromatic heterocycles. The second-order valence-electron chi connectivity index (χ2n) is 2.67. The van der Waals surface area contributed by atoms with Gasteiger partial charge in [0, 0.05) is 24.8 Å². The molecule has 4 nitrogen and oxygen atoms in total. The summed E-state index contributed by atoms with van der Waals surface area (Å²) >= 11 is 0. The maximum Gasteiger partial charge on any atom is 0.143 e. The first-order valence-corrected chi connectivity index (χ1v) is 4.15. The molecule has 1 aromatic rings. The number of rotatable bonds is 4. The summed E-state index contributed by atoms with van der Waals surface area (Å²) in [4.78, 5) is 0. The minimum absolute atomic E-state index is 0. The zero-order valence-electron chi connectivity index (χ0n) is 8.53. The minimum Gasteiger partial charge on any atom is -0.495 e. The summed E-state index contributed by atoms with van der Waals surface area (Å²) < 4.78 is 5.07. The summed E-state index contributed by atoms with van der Waals surface area (Å²) in [6.45, 7) is 1.35. The van der Waals surface area contributed by atoms with Gasteiger partial charge in [-0.3, -0.25) is 0 Å². The maximum atomic E-state index is 5.65. The van der Waals surface area contributed by atoms with Gasteiger partial charge in [-0.25, -0.2) is 0 Å². The largest absolute Gasteiger partial charge is 0.495 e. The van der Waals surface area contributed by atoms with Gasteiger partial charge in [0.05, 0.1) is 12.8 Å². The lowest BCUT2D eigenvalue weighted by molar-refractivity contribution is 0.417. The standard InChI is InChI=1S/C9H15N3O.2ClH/c1-13-9-6-7(12-5-4-10)2-3-8(9)11;;/h2-3,6,12H,4-5,10-11H2,1H3;2*1H. The molecule has 0 aliphatic rings. The molecule has 0 aliphatic heterocycles. The van der Waals surface area contributed by atoms with Crippen LogP contribution in [0.1, 0.15) is 0 Å². The van der Waals surface area contributed by atoms with E-state index in [9.17, 15) is 0 Å². The second-order valence-corrected chi connectivity index (χ2v) is 2.67. The van der Waals surface area contributed by atoms with E-state index in [2.05, 4.69) is 5.32 Å². The van der Waals surface area contributed by atoms with E-state index >= 15 is 0 Å². The van der Waals surface area contributed by atoms with E-state index in [4.69, 9.17) is 16.2 Å². The first-order valence-electron chi connectivity index (χ1n) is 4.15. The van der Waals surface area contributed by atoms with E-state index < -0.39 is 0 Å². The molecular formula is C9H17Cl2N3O. The Morgan fingerprint density at radius 1 is 1.33 bits per heavy atom. The topological polar surface area (TPSA) is 73.3 Å². The Hall–Kier alpha value is -0.840. The van der Waals surface area contributed by atoms with Gasteiger partial charge in [0.25, 0.3) is 0 Å². The highest BCUT2D eigenvalue weighted by Crippen LogP contribution is 2.24. The van der Waals surface area contributed by atoms with Gasteiger partial charge in [-0.15, -0.1) is 24.8 Å². The molecule has 0 radical (unpaired) electrons. The molecule has 0 amide bonds. The summed E-state index contributed by atoms with van der Waals surface area (Å²) in [6.07, 6.45) is 0. The molecule has 1 rings (SSSR count). The molecule has 0 heterocycles. The minimum atomic E-state index is 0. The van der Waals surface area contributed by atoms with E-state index in [1.807, 2.05) is 12.1 Å². The fourth-order valence-electron chi connectivity index (χ4n) is 1.04. The Balaban J connectivity index is 0. The van der Waals surface area contributed by atoms with Crippen molar-refractivity contribution in [3.05, 3.63) is 18.2 Å². The first-order chi connectivity index (χ1) is 6.27. The van der Waals surface area contributed by atoms with Crippen molar-refractivity contribution >= 4 is 36.2 Å². The zero-order chi connectivity index (χ0) is 9.68. The third-order valence-corrected chi connectivity index (χ3v) is 1.71. The smallest absolute Gasteiger partial charge is 0.143 e. The monoisotopic (exact) mass is 253 g/mol. The van der Waals surface area contributed by atoms with Crippen LogP contribution in [0.25, 0.3) is 0 Å². The number of ether oxygens (including phenoxy) is 1. The van der Waals surface area contributed by atoms with Gasteiger partial charge < -0.3 is 21.5 Å². The predicted molar refractivity (Wildman–Crippen MR) is 69.4 cm³/mol.